The SMILES string of the molecule is CCCCn1c2ccccc2c2cc(-c3ccc(/C=C(\C#N)C(=O)O)s3)sc21. The molecule has 3 aromatic heterocycles. The standard InChI is InChI=1S/C22H18N2O2S2/c1-2-3-10-24-18-7-5-4-6-16(18)17-12-20(28-21(17)24)19-9-8-15(27-19)11-14(13-23)22(25)26/h4-9,11-12H,2-3,10H2,1H3,(H,25,26)/b14-11+. The Balaban J connectivity index is 1.79. The van der Waals surface area contributed by atoms with Crippen LogP contribution in [-0.4, -0.2) is 15.6 Å². The molecular formula is C22H18N2O2S2. The lowest BCUT2D eigenvalue weighted by atomic mass is 10.2. The maximum atomic E-state index is 11.1. The van der Waals surface area contributed by atoms with E-state index in [1.807, 2.05) is 12.1 Å². The summed E-state index contributed by atoms with van der Waals surface area (Å²) in [5.41, 5.74) is 1.03. The third-order valence-corrected chi connectivity index (χ3v) is 7.07. The molecule has 1 aromatic carbocycles. The summed E-state index contributed by atoms with van der Waals surface area (Å²) < 4.78 is 2.41. The van der Waals surface area contributed by atoms with Crippen molar-refractivity contribution in [3.63, 3.8) is 0 Å². The van der Waals surface area contributed by atoms with Crippen LogP contribution in [-0.2, 0) is 11.3 Å². The molecule has 0 aliphatic heterocycles. The molecule has 4 aromatic rings. The van der Waals surface area contributed by atoms with E-state index < -0.39 is 5.97 Å². The number of thiophene rings is 2. The highest BCUT2D eigenvalue weighted by molar-refractivity contribution is 7.26. The van der Waals surface area contributed by atoms with Crippen LogP contribution in [0.4, 0.5) is 0 Å². The minimum atomic E-state index is -1.20. The Labute approximate surface area is 170 Å². The zero-order chi connectivity index (χ0) is 19.7. The number of para-hydroxylation sites is 1. The van der Waals surface area contributed by atoms with E-state index in [2.05, 4.69) is 41.8 Å². The number of benzene rings is 1. The van der Waals surface area contributed by atoms with Gasteiger partial charge in [-0.2, -0.15) is 5.26 Å². The fourth-order valence-corrected chi connectivity index (χ4v) is 5.57. The number of aliphatic carboxylic acids is 1. The molecule has 0 amide bonds. The summed E-state index contributed by atoms with van der Waals surface area (Å²) in [5, 5.41) is 20.5. The molecule has 0 radical (unpaired) electrons. The Kier molecular flexibility index (Phi) is 5.03. The molecule has 6 heteroatoms. The van der Waals surface area contributed by atoms with Crippen LogP contribution < -0.4 is 0 Å². The zero-order valence-electron chi connectivity index (χ0n) is 15.3. The lowest BCUT2D eigenvalue weighted by molar-refractivity contribution is -0.132. The van der Waals surface area contributed by atoms with E-state index in [9.17, 15) is 4.79 Å². The molecule has 140 valence electrons. The van der Waals surface area contributed by atoms with Gasteiger partial charge < -0.3 is 9.67 Å². The van der Waals surface area contributed by atoms with Crippen molar-refractivity contribution in [2.75, 3.05) is 0 Å². The first-order valence-corrected chi connectivity index (χ1v) is 10.7. The quantitative estimate of drug-likeness (QED) is 0.298. The number of aromatic nitrogens is 1. The van der Waals surface area contributed by atoms with Crippen molar-refractivity contribution in [3.05, 3.63) is 52.9 Å². The largest absolute Gasteiger partial charge is 0.477 e. The highest BCUT2D eigenvalue weighted by Crippen LogP contribution is 2.42. The second-order valence-corrected chi connectivity index (χ2v) is 8.67. The zero-order valence-corrected chi connectivity index (χ0v) is 16.9. The van der Waals surface area contributed by atoms with Crippen molar-refractivity contribution in [1.29, 1.82) is 5.26 Å². The molecule has 0 saturated carbocycles. The highest BCUT2D eigenvalue weighted by atomic mass is 32.1. The molecule has 1 N–H and O–H groups in total. The van der Waals surface area contributed by atoms with Crippen LogP contribution >= 0.6 is 22.7 Å². The molecule has 3 heterocycles. The summed E-state index contributed by atoms with van der Waals surface area (Å²) in [6.45, 7) is 3.21. The average Bonchev–Trinajstić information content (AvgIpc) is 3.39. The van der Waals surface area contributed by atoms with Crippen molar-refractivity contribution < 1.29 is 9.90 Å². The van der Waals surface area contributed by atoms with Gasteiger partial charge in [-0.15, -0.1) is 22.7 Å². The molecule has 0 atom stereocenters. The van der Waals surface area contributed by atoms with E-state index in [4.69, 9.17) is 10.4 Å². The predicted molar refractivity (Wildman–Crippen MR) is 117 cm³/mol. The normalized spacial score (nSPS) is 11.9. The molecule has 0 aliphatic carbocycles. The Morgan fingerprint density at radius 3 is 2.75 bits per heavy atom. The summed E-state index contributed by atoms with van der Waals surface area (Å²) >= 11 is 3.27. The van der Waals surface area contributed by atoms with Gasteiger partial charge in [-0.25, -0.2) is 4.79 Å². The van der Waals surface area contributed by atoms with Crippen LogP contribution in [0, 0.1) is 11.3 Å². The first kappa shape index (κ1) is 18.5. The maximum absolute atomic E-state index is 11.1. The summed E-state index contributed by atoms with van der Waals surface area (Å²) in [4.78, 5) is 15.4. The van der Waals surface area contributed by atoms with Gasteiger partial charge >= 0.3 is 5.97 Å². The second kappa shape index (κ2) is 7.63. The monoisotopic (exact) mass is 406 g/mol. The van der Waals surface area contributed by atoms with Crippen LogP contribution in [0.2, 0.25) is 0 Å². The number of carboxylic acid groups (broad SMARTS) is 1. The second-order valence-electron chi connectivity index (χ2n) is 6.53. The molecule has 0 aliphatic rings. The van der Waals surface area contributed by atoms with Crippen molar-refractivity contribution in [3.8, 4) is 15.8 Å². The molecule has 0 saturated heterocycles. The molecule has 0 fully saturated rings. The molecule has 4 nitrogen and oxygen atoms in total. The number of hydrogen-bond acceptors (Lipinski definition) is 4. The van der Waals surface area contributed by atoms with E-state index in [1.54, 1.807) is 17.4 Å². The van der Waals surface area contributed by atoms with Gasteiger partial charge in [-0.05, 0) is 36.8 Å². The first-order valence-electron chi connectivity index (χ1n) is 9.08. The summed E-state index contributed by atoms with van der Waals surface area (Å²) in [6.07, 6.45) is 3.72. The van der Waals surface area contributed by atoms with Gasteiger partial charge in [0.1, 0.15) is 16.5 Å². The molecule has 0 bridgehead atoms. The van der Waals surface area contributed by atoms with E-state index >= 15 is 0 Å². The van der Waals surface area contributed by atoms with Crippen LogP contribution in [0.25, 0.3) is 36.9 Å². The van der Waals surface area contributed by atoms with Gasteiger partial charge in [0.15, 0.2) is 0 Å². The molecule has 4 rings (SSSR count). The van der Waals surface area contributed by atoms with Crippen molar-refractivity contribution >= 4 is 55.8 Å². The third kappa shape index (κ3) is 3.24. The van der Waals surface area contributed by atoms with Gasteiger partial charge in [0, 0.05) is 37.5 Å². The minimum absolute atomic E-state index is 0.248. The van der Waals surface area contributed by atoms with Crippen LogP contribution in [0.15, 0.2) is 48.0 Å². The van der Waals surface area contributed by atoms with Gasteiger partial charge in [0.25, 0.3) is 0 Å². The summed E-state index contributed by atoms with van der Waals surface area (Å²) in [6, 6.07) is 16.3. The van der Waals surface area contributed by atoms with Crippen LogP contribution in [0.1, 0.15) is 24.6 Å². The van der Waals surface area contributed by atoms with Crippen LogP contribution in [0.5, 0.6) is 0 Å². The fourth-order valence-electron chi connectivity index (χ4n) is 3.33. The van der Waals surface area contributed by atoms with E-state index in [0.717, 1.165) is 29.1 Å². The molecule has 0 spiro atoms. The Hall–Kier alpha value is -2.88. The van der Waals surface area contributed by atoms with Crippen molar-refractivity contribution in [2.24, 2.45) is 0 Å². The number of hydrogen-bond donors (Lipinski definition) is 1. The van der Waals surface area contributed by atoms with E-state index in [0.29, 0.717) is 0 Å². The number of unbranched alkanes of at least 4 members (excludes halogenated alkanes) is 1. The van der Waals surface area contributed by atoms with Gasteiger partial charge in [0.05, 0.1) is 0 Å². The number of fused-ring (bicyclic) bond motifs is 3. The number of carbonyl (C=O) groups is 1. The molecular weight excluding hydrogens is 388 g/mol. The number of nitrogens with zero attached hydrogens (tertiary/aromatic N) is 2. The average molecular weight is 407 g/mol. The smallest absolute Gasteiger partial charge is 0.346 e. The Bertz CT molecular complexity index is 1250. The topological polar surface area (TPSA) is 66.0 Å². The lowest BCUT2D eigenvalue weighted by Gasteiger charge is -2.05. The Morgan fingerprint density at radius 2 is 2.00 bits per heavy atom. The van der Waals surface area contributed by atoms with Gasteiger partial charge in [0.2, 0.25) is 0 Å². The van der Waals surface area contributed by atoms with Gasteiger partial charge in [-0.1, -0.05) is 31.5 Å². The third-order valence-electron chi connectivity index (χ3n) is 4.69. The van der Waals surface area contributed by atoms with Crippen molar-refractivity contribution in [2.45, 2.75) is 26.3 Å². The van der Waals surface area contributed by atoms with E-state index in [-0.39, 0.29) is 5.57 Å². The maximum Gasteiger partial charge on any atom is 0.346 e. The fraction of sp³-hybridized carbons (Fsp3) is 0.182. The Morgan fingerprint density at radius 1 is 1.18 bits per heavy atom. The van der Waals surface area contributed by atoms with E-state index in [1.165, 1.54) is 43.4 Å². The number of rotatable bonds is 6. The lowest BCUT2D eigenvalue weighted by Crippen LogP contribution is -1.96. The first-order chi connectivity index (χ1) is 13.6. The number of aryl methyl sites for hydroxylation is 1. The summed E-state index contributed by atoms with van der Waals surface area (Å²) in [7, 11) is 0. The molecule has 0 unspecified atom stereocenters. The minimum Gasteiger partial charge on any atom is -0.477 e. The number of carboxylic acids is 1. The summed E-state index contributed by atoms with van der Waals surface area (Å²) in [5.74, 6) is -1.20. The highest BCUT2D eigenvalue weighted by Gasteiger charge is 2.16. The molecule has 28 heavy (non-hydrogen) atoms. The predicted octanol–water partition coefficient (Wildman–Crippen LogP) is 6.38. The van der Waals surface area contributed by atoms with Crippen LogP contribution in [0.3, 0.4) is 0 Å². The van der Waals surface area contributed by atoms with Crippen molar-refractivity contribution in [1.82, 2.24) is 4.57 Å². The van der Waals surface area contributed by atoms with Gasteiger partial charge in [-0.3, -0.25) is 0 Å². The number of nitriles is 1.